The maximum Gasteiger partial charge on any atom is 0.338 e. The van der Waals surface area contributed by atoms with Gasteiger partial charge >= 0.3 is 17.9 Å². The SMILES string of the molecule is CC(COC(=O)c1cc(OCCN2C(=O)C=CC2=O)c(OCCN2C(=O)C=CC2=O)c(OCCN2C(=O)C=CC2=O)c1)(COC(=O)c1cc(OCCN2C(=O)C=CC2=O)c(OCCN2C(=O)C=CC2=O)c(OCCN2C(=O)C=CC2=O)c1)C(=O)OCc1ccccc1. The second-order valence-corrected chi connectivity index (χ2v) is 20.4. The van der Waals surface area contributed by atoms with Crippen LogP contribution in [-0.2, 0) is 83.1 Å². The predicted octanol–water partition coefficient (Wildman–Crippen LogP) is 0.273. The number of carbonyl (C=O) groups excluding carboxylic acids is 15. The van der Waals surface area contributed by atoms with Crippen LogP contribution in [0, 0.1) is 5.41 Å². The van der Waals surface area contributed by atoms with Crippen LogP contribution in [0.1, 0.15) is 33.2 Å². The summed E-state index contributed by atoms with van der Waals surface area (Å²) in [6, 6.07) is 12.8. The van der Waals surface area contributed by atoms with Gasteiger partial charge in [0.1, 0.15) is 64.9 Å². The molecule has 0 saturated carbocycles. The van der Waals surface area contributed by atoms with Gasteiger partial charge in [-0.05, 0) is 36.8 Å². The van der Waals surface area contributed by atoms with Crippen molar-refractivity contribution >= 4 is 88.8 Å². The van der Waals surface area contributed by atoms with Gasteiger partial charge in [0, 0.05) is 72.9 Å². The molecule has 0 unspecified atom stereocenters. The zero-order valence-electron chi connectivity index (χ0n) is 48.7. The molecule has 0 fully saturated rings. The second-order valence-electron chi connectivity index (χ2n) is 20.4. The van der Waals surface area contributed by atoms with Crippen molar-refractivity contribution < 1.29 is 115 Å². The Bertz CT molecular complexity index is 3330. The number of esters is 3. The van der Waals surface area contributed by atoms with E-state index in [0.717, 1.165) is 127 Å². The molecule has 3 aromatic rings. The second kappa shape index (κ2) is 29.0. The van der Waals surface area contributed by atoms with Gasteiger partial charge < -0.3 is 42.6 Å². The first-order valence-electron chi connectivity index (χ1n) is 28.1. The van der Waals surface area contributed by atoms with E-state index in [1.165, 1.54) is 6.92 Å². The molecule has 0 aromatic heterocycles. The summed E-state index contributed by atoms with van der Waals surface area (Å²) < 4.78 is 53.5. The largest absolute Gasteiger partial charge is 0.488 e. The fraction of sp³-hybridized carbons (Fsp3) is 0.274. The van der Waals surface area contributed by atoms with Gasteiger partial charge in [-0.25, -0.2) is 9.59 Å². The predicted molar refractivity (Wildman–Crippen MR) is 306 cm³/mol. The summed E-state index contributed by atoms with van der Waals surface area (Å²) in [5.41, 5.74) is -2.30. The fourth-order valence-corrected chi connectivity index (χ4v) is 9.15. The maximum atomic E-state index is 14.5. The third-order valence-electron chi connectivity index (χ3n) is 14.1. The molecule has 12 amide bonds. The van der Waals surface area contributed by atoms with Gasteiger partial charge in [-0.1, -0.05) is 30.3 Å². The van der Waals surface area contributed by atoms with Gasteiger partial charge in [0.15, 0.2) is 23.0 Å². The molecule has 30 nitrogen and oxygen atoms in total. The fourth-order valence-electron chi connectivity index (χ4n) is 9.15. The van der Waals surface area contributed by atoms with Crippen LogP contribution in [0.5, 0.6) is 34.5 Å². The standard InChI is InChI=1S/C62H54N6O24/c1-62(61(83)90-35-38-5-3-2-4-6-38,36-91-59(81)39-31-41(84-25-19-63-45(69)7-8-46(63)70)57(88-29-23-67-53(77)15-16-54(67)78)42(32-39)85-26-20-64-47(71)9-10-48(64)72)37-92-60(82)40-33-43(86-27-21-65-49(73)11-12-50(65)74)58(89-30-24-68-55(79)17-18-56(68)80)44(34-40)87-28-22-66-51(75)13-14-52(66)76/h2-18,31-34H,19-30,35-37H2,1H3. The topological polar surface area (TPSA) is 359 Å². The molecule has 0 atom stereocenters. The molecular formula is C62H54N6O24. The first-order valence-corrected chi connectivity index (χ1v) is 28.1. The van der Waals surface area contributed by atoms with E-state index in [1.54, 1.807) is 30.3 Å². The number of benzene rings is 3. The minimum absolute atomic E-state index is 0.262. The van der Waals surface area contributed by atoms with Crippen LogP contribution in [-0.4, -0.2) is 210 Å². The lowest BCUT2D eigenvalue weighted by molar-refractivity contribution is -0.162. The van der Waals surface area contributed by atoms with Crippen LogP contribution in [0.15, 0.2) is 128 Å². The molecule has 0 aliphatic carbocycles. The Kier molecular flexibility index (Phi) is 20.4. The molecule has 0 radical (unpaired) electrons. The summed E-state index contributed by atoms with van der Waals surface area (Å²) in [4.78, 5) is 198. The summed E-state index contributed by atoms with van der Waals surface area (Å²) in [6.45, 7) is -5.26. The molecule has 9 rings (SSSR count). The minimum atomic E-state index is -2.08. The summed E-state index contributed by atoms with van der Waals surface area (Å²) in [5, 5.41) is 0. The molecule has 476 valence electrons. The first kappa shape index (κ1) is 64.6. The van der Waals surface area contributed by atoms with Crippen LogP contribution in [0.2, 0.25) is 0 Å². The summed E-state index contributed by atoms with van der Waals surface area (Å²) >= 11 is 0. The average Bonchev–Trinajstić information content (AvgIpc) is 1.18. The quantitative estimate of drug-likeness (QED) is 0.0449. The van der Waals surface area contributed by atoms with Crippen LogP contribution >= 0.6 is 0 Å². The van der Waals surface area contributed by atoms with Crippen LogP contribution < -0.4 is 28.4 Å². The van der Waals surface area contributed by atoms with Crippen LogP contribution in [0.25, 0.3) is 0 Å². The maximum absolute atomic E-state index is 14.5. The molecular weight excluding hydrogens is 1210 g/mol. The molecule has 0 spiro atoms. The van der Waals surface area contributed by atoms with E-state index in [-0.39, 0.29) is 91.5 Å². The summed E-state index contributed by atoms with van der Waals surface area (Å²) in [5.74, 6) is -12.9. The van der Waals surface area contributed by atoms with Crippen molar-refractivity contribution in [1.82, 2.24) is 29.4 Å². The molecule has 0 bridgehead atoms. The lowest BCUT2D eigenvalue weighted by Gasteiger charge is -2.27. The van der Waals surface area contributed by atoms with E-state index in [0.29, 0.717) is 5.56 Å². The summed E-state index contributed by atoms with van der Waals surface area (Å²) in [6.07, 6.45) is 12.6. The third-order valence-corrected chi connectivity index (χ3v) is 14.1. The van der Waals surface area contributed by atoms with E-state index >= 15 is 0 Å². The molecule has 6 aliphatic rings. The molecule has 30 heteroatoms. The molecule has 3 aromatic carbocycles. The zero-order chi connectivity index (χ0) is 65.6. The van der Waals surface area contributed by atoms with Gasteiger partial charge in [0.25, 0.3) is 70.9 Å². The number of rotatable bonds is 33. The van der Waals surface area contributed by atoms with Crippen molar-refractivity contribution in [3.63, 3.8) is 0 Å². The van der Waals surface area contributed by atoms with E-state index in [9.17, 15) is 71.9 Å². The van der Waals surface area contributed by atoms with Gasteiger partial charge in [-0.3, -0.25) is 91.7 Å². The van der Waals surface area contributed by atoms with E-state index in [2.05, 4.69) is 0 Å². The zero-order valence-corrected chi connectivity index (χ0v) is 48.7. The Morgan fingerprint density at radius 2 is 0.576 bits per heavy atom. The summed E-state index contributed by atoms with van der Waals surface area (Å²) in [7, 11) is 0. The molecule has 6 heterocycles. The molecule has 6 aliphatic heterocycles. The van der Waals surface area contributed by atoms with Gasteiger partial charge in [0.05, 0.1) is 50.4 Å². The van der Waals surface area contributed by atoms with Gasteiger partial charge in [-0.2, -0.15) is 0 Å². The average molecular weight is 1270 g/mol. The van der Waals surface area contributed by atoms with Crippen molar-refractivity contribution in [3.05, 3.63) is 144 Å². The number of nitrogens with zero attached hydrogens (tertiary/aromatic N) is 6. The van der Waals surface area contributed by atoms with E-state index < -0.39 is 147 Å². The number of ether oxygens (including phenoxy) is 9. The number of imide groups is 6. The van der Waals surface area contributed by atoms with Gasteiger partial charge in [-0.15, -0.1) is 0 Å². The van der Waals surface area contributed by atoms with E-state index in [1.807, 2.05) is 0 Å². The first-order chi connectivity index (χ1) is 44.2. The van der Waals surface area contributed by atoms with Crippen molar-refractivity contribution in [3.8, 4) is 34.5 Å². The molecule has 0 N–H and O–H groups in total. The number of hydrogen-bond acceptors (Lipinski definition) is 24. The van der Waals surface area contributed by atoms with Crippen molar-refractivity contribution in [2.45, 2.75) is 13.5 Å². The van der Waals surface area contributed by atoms with Crippen LogP contribution in [0.4, 0.5) is 0 Å². The Morgan fingerprint density at radius 3 is 0.826 bits per heavy atom. The Morgan fingerprint density at radius 1 is 0.337 bits per heavy atom. The number of carbonyl (C=O) groups is 15. The molecule has 0 saturated heterocycles. The highest BCUT2D eigenvalue weighted by Crippen LogP contribution is 2.41. The van der Waals surface area contributed by atoms with Crippen molar-refractivity contribution in [2.75, 3.05) is 92.1 Å². The number of amides is 12. The van der Waals surface area contributed by atoms with Crippen LogP contribution in [0.3, 0.4) is 0 Å². The molecule has 92 heavy (non-hydrogen) atoms. The Hall–Kier alpha value is -11.9. The minimum Gasteiger partial charge on any atom is -0.488 e. The monoisotopic (exact) mass is 1270 g/mol. The Balaban J connectivity index is 1.000. The highest BCUT2D eigenvalue weighted by atomic mass is 16.6. The highest BCUT2D eigenvalue weighted by Gasteiger charge is 2.40. The third kappa shape index (κ3) is 15.5. The number of hydrogen-bond donors (Lipinski definition) is 0. The smallest absolute Gasteiger partial charge is 0.338 e. The Labute approximate surface area is 520 Å². The van der Waals surface area contributed by atoms with Gasteiger partial charge in [0.2, 0.25) is 11.5 Å². The normalized spacial score (nSPS) is 15.9. The van der Waals surface area contributed by atoms with Crippen molar-refractivity contribution in [2.24, 2.45) is 5.41 Å². The van der Waals surface area contributed by atoms with Crippen molar-refractivity contribution in [1.29, 1.82) is 0 Å². The lowest BCUT2D eigenvalue weighted by atomic mass is 9.93. The lowest BCUT2D eigenvalue weighted by Crippen LogP contribution is -2.40. The highest BCUT2D eigenvalue weighted by molar-refractivity contribution is 6.16. The van der Waals surface area contributed by atoms with E-state index in [4.69, 9.17) is 42.6 Å².